The number of benzene rings is 2. The van der Waals surface area contributed by atoms with Crippen LogP contribution in [0.15, 0.2) is 53.4 Å². The Morgan fingerprint density at radius 2 is 1.63 bits per heavy atom. The summed E-state index contributed by atoms with van der Waals surface area (Å²) in [5.41, 5.74) is 1.52. The molecule has 0 saturated heterocycles. The van der Waals surface area contributed by atoms with Crippen LogP contribution in [-0.4, -0.2) is 13.4 Å². The summed E-state index contributed by atoms with van der Waals surface area (Å²) in [6.45, 7) is 3.26. The predicted octanol–water partition coefficient (Wildman–Crippen LogP) is 5.10. The lowest BCUT2D eigenvalue weighted by Gasteiger charge is -2.13. The highest BCUT2D eigenvalue weighted by Gasteiger charge is 2.18. The summed E-state index contributed by atoms with van der Waals surface area (Å²) in [6.07, 6.45) is 0. The van der Waals surface area contributed by atoms with Crippen LogP contribution in [0.2, 0.25) is 5.02 Å². The minimum Gasteiger partial charge on any atom is -0.263 e. The van der Waals surface area contributed by atoms with Gasteiger partial charge in [-0.1, -0.05) is 17.7 Å². The Morgan fingerprint density at radius 1 is 0.963 bits per heavy atom. The van der Waals surface area contributed by atoms with Gasteiger partial charge in [0.15, 0.2) is 0 Å². The van der Waals surface area contributed by atoms with Gasteiger partial charge in [-0.3, -0.25) is 4.72 Å². The molecule has 1 heterocycles. The number of hydrogen-bond acceptors (Lipinski definition) is 3. The predicted molar refractivity (Wildman–Crippen MR) is 101 cm³/mol. The lowest BCUT2D eigenvalue weighted by molar-refractivity contribution is 0.599. The van der Waals surface area contributed by atoms with Crippen molar-refractivity contribution in [3.8, 4) is 11.1 Å². The maximum Gasteiger partial charge on any atom is 0.263 e. The summed E-state index contributed by atoms with van der Waals surface area (Å²) in [5, 5.41) is 0.239. The topological polar surface area (TPSA) is 59.1 Å². The molecule has 2 aromatic carbocycles. The minimum atomic E-state index is -3.93. The molecule has 1 aromatic heterocycles. The number of aryl methyl sites for hydroxylation is 2. The Hall–Kier alpha value is -2.51. The van der Waals surface area contributed by atoms with Gasteiger partial charge in [0, 0.05) is 16.8 Å². The van der Waals surface area contributed by atoms with Gasteiger partial charge in [-0.2, -0.15) is 0 Å². The third-order valence-electron chi connectivity index (χ3n) is 4.00. The van der Waals surface area contributed by atoms with E-state index in [1.54, 1.807) is 32.0 Å². The van der Waals surface area contributed by atoms with Crippen LogP contribution in [0.1, 0.15) is 11.3 Å². The number of rotatable bonds is 4. The molecule has 0 spiro atoms. The van der Waals surface area contributed by atoms with Crippen LogP contribution in [0.4, 0.5) is 14.6 Å². The monoisotopic (exact) mass is 408 g/mol. The average Bonchev–Trinajstić information content (AvgIpc) is 2.60. The van der Waals surface area contributed by atoms with Gasteiger partial charge in [0.25, 0.3) is 10.0 Å². The van der Waals surface area contributed by atoms with Crippen LogP contribution in [0.3, 0.4) is 0 Å². The molecule has 0 amide bonds. The van der Waals surface area contributed by atoms with Crippen molar-refractivity contribution in [2.45, 2.75) is 18.7 Å². The molecule has 27 heavy (non-hydrogen) atoms. The zero-order valence-corrected chi connectivity index (χ0v) is 16.0. The fourth-order valence-electron chi connectivity index (χ4n) is 2.60. The van der Waals surface area contributed by atoms with Gasteiger partial charge in [0.1, 0.15) is 17.5 Å². The first kappa shape index (κ1) is 19.3. The molecule has 0 bridgehead atoms. The molecule has 8 heteroatoms. The van der Waals surface area contributed by atoms with Gasteiger partial charge >= 0.3 is 0 Å². The number of halogens is 3. The van der Waals surface area contributed by atoms with Crippen LogP contribution >= 0.6 is 11.6 Å². The van der Waals surface area contributed by atoms with Gasteiger partial charge in [0.2, 0.25) is 0 Å². The summed E-state index contributed by atoms with van der Waals surface area (Å²) in [4.78, 5) is 4.10. The molecule has 3 rings (SSSR count). The van der Waals surface area contributed by atoms with Crippen molar-refractivity contribution in [1.82, 2.24) is 4.98 Å². The van der Waals surface area contributed by atoms with E-state index in [0.717, 1.165) is 24.3 Å². The lowest BCUT2D eigenvalue weighted by Crippen LogP contribution is -2.14. The molecule has 3 aromatic rings. The second kappa shape index (κ2) is 7.25. The summed E-state index contributed by atoms with van der Waals surface area (Å²) in [5.74, 6) is -0.930. The molecule has 1 N–H and O–H groups in total. The van der Waals surface area contributed by atoms with Crippen molar-refractivity contribution in [1.29, 1.82) is 0 Å². The summed E-state index contributed by atoms with van der Waals surface area (Å²) >= 11 is 6.14. The normalized spacial score (nSPS) is 11.4. The van der Waals surface area contributed by atoms with Crippen LogP contribution in [0.5, 0.6) is 0 Å². The first-order valence-corrected chi connectivity index (χ1v) is 9.76. The minimum absolute atomic E-state index is 0.0600. The third kappa shape index (κ3) is 3.94. The number of anilines is 1. The Bertz CT molecular complexity index is 1120. The van der Waals surface area contributed by atoms with Crippen molar-refractivity contribution < 1.29 is 17.2 Å². The third-order valence-corrected chi connectivity index (χ3v) is 5.69. The SMILES string of the molecule is Cc1ccc(Cl)c(-c2ccc(NS(=O)(=O)c3ccc(F)cc3)nc2C)c1F. The van der Waals surface area contributed by atoms with Crippen LogP contribution in [-0.2, 0) is 10.0 Å². The second-order valence-electron chi connectivity index (χ2n) is 5.94. The van der Waals surface area contributed by atoms with E-state index in [1.165, 1.54) is 6.07 Å². The highest BCUT2D eigenvalue weighted by molar-refractivity contribution is 7.92. The van der Waals surface area contributed by atoms with Crippen LogP contribution in [0.25, 0.3) is 11.1 Å². The first-order valence-electron chi connectivity index (χ1n) is 7.90. The van der Waals surface area contributed by atoms with E-state index in [0.29, 0.717) is 16.8 Å². The average molecular weight is 409 g/mol. The van der Waals surface area contributed by atoms with Crippen LogP contribution in [0, 0.1) is 25.5 Å². The highest BCUT2D eigenvalue weighted by atomic mass is 35.5. The second-order valence-corrected chi connectivity index (χ2v) is 8.03. The molecule has 4 nitrogen and oxygen atoms in total. The lowest BCUT2D eigenvalue weighted by atomic mass is 10.0. The number of nitrogens with zero attached hydrogens (tertiary/aromatic N) is 1. The van der Waals surface area contributed by atoms with Gasteiger partial charge < -0.3 is 0 Å². The van der Waals surface area contributed by atoms with E-state index in [-0.39, 0.29) is 21.3 Å². The number of hydrogen-bond donors (Lipinski definition) is 1. The number of aromatic nitrogens is 1. The van der Waals surface area contributed by atoms with E-state index >= 15 is 0 Å². The van der Waals surface area contributed by atoms with Crippen molar-refractivity contribution >= 4 is 27.4 Å². The summed E-state index contributed by atoms with van der Waals surface area (Å²) < 4.78 is 54.6. The van der Waals surface area contributed by atoms with E-state index in [1.807, 2.05) is 0 Å². The molecular formula is C19H15ClF2N2O2S. The molecule has 0 fully saturated rings. The molecule has 0 aliphatic heterocycles. The largest absolute Gasteiger partial charge is 0.263 e. The molecule has 140 valence electrons. The van der Waals surface area contributed by atoms with E-state index < -0.39 is 21.7 Å². The van der Waals surface area contributed by atoms with Gasteiger partial charge in [-0.05, 0) is 61.9 Å². The Labute approximate surface area is 160 Å². The van der Waals surface area contributed by atoms with Gasteiger partial charge in [-0.15, -0.1) is 0 Å². The van der Waals surface area contributed by atoms with Gasteiger partial charge in [-0.25, -0.2) is 22.2 Å². The number of nitrogens with one attached hydrogen (secondary N) is 1. The van der Waals surface area contributed by atoms with E-state index in [4.69, 9.17) is 11.6 Å². The Kier molecular flexibility index (Phi) is 5.17. The maximum atomic E-state index is 14.5. The maximum absolute atomic E-state index is 14.5. The zero-order chi connectivity index (χ0) is 19.8. The fourth-order valence-corrected chi connectivity index (χ4v) is 3.85. The fraction of sp³-hybridized carbons (Fsp3) is 0.105. The van der Waals surface area contributed by atoms with Gasteiger partial charge in [0.05, 0.1) is 9.92 Å². The molecule has 0 aliphatic carbocycles. The number of pyridine rings is 1. The standard InChI is InChI=1S/C19H15ClF2N2O2S/c1-11-3-9-16(20)18(19(11)22)15-8-10-17(23-12(15)2)24-27(25,26)14-6-4-13(21)5-7-14/h3-10H,1-2H3,(H,23,24). The van der Waals surface area contributed by atoms with E-state index in [9.17, 15) is 17.2 Å². The van der Waals surface area contributed by atoms with Crippen LogP contribution < -0.4 is 4.72 Å². The Balaban J connectivity index is 1.96. The highest BCUT2D eigenvalue weighted by Crippen LogP contribution is 2.34. The zero-order valence-electron chi connectivity index (χ0n) is 14.4. The summed E-state index contributed by atoms with van der Waals surface area (Å²) in [6, 6.07) is 10.6. The molecule has 0 radical (unpaired) electrons. The molecule has 0 saturated carbocycles. The van der Waals surface area contributed by atoms with Crippen molar-refractivity contribution in [3.05, 3.63) is 76.4 Å². The van der Waals surface area contributed by atoms with Crippen molar-refractivity contribution in [2.75, 3.05) is 4.72 Å². The summed E-state index contributed by atoms with van der Waals surface area (Å²) in [7, 11) is -3.93. The van der Waals surface area contributed by atoms with Crippen molar-refractivity contribution in [2.24, 2.45) is 0 Å². The first-order chi connectivity index (χ1) is 12.7. The van der Waals surface area contributed by atoms with Crippen molar-refractivity contribution in [3.63, 3.8) is 0 Å². The molecule has 0 aliphatic rings. The molecular weight excluding hydrogens is 394 g/mol. The quantitative estimate of drug-likeness (QED) is 0.653. The smallest absolute Gasteiger partial charge is 0.263 e. The molecule has 0 unspecified atom stereocenters. The Morgan fingerprint density at radius 3 is 2.26 bits per heavy atom. The molecule has 0 atom stereocenters. The number of sulfonamides is 1. The van der Waals surface area contributed by atoms with E-state index in [2.05, 4.69) is 9.71 Å².